The van der Waals surface area contributed by atoms with Crippen LogP contribution in [0, 0.1) is 21.4 Å². The molecule has 10 nitrogen and oxygen atoms in total. The first-order valence-electron chi connectivity index (χ1n) is 9.25. The molecular formula is C22H14N4O6. The van der Waals surface area contributed by atoms with Crippen molar-refractivity contribution in [1.29, 1.82) is 5.26 Å². The lowest BCUT2D eigenvalue weighted by atomic mass is 10.1. The zero-order chi connectivity index (χ0) is 22.7. The third kappa shape index (κ3) is 4.03. The number of hydrogen-bond donors (Lipinski definition) is 2. The molecule has 0 aliphatic heterocycles. The Morgan fingerprint density at radius 1 is 1.19 bits per heavy atom. The van der Waals surface area contributed by atoms with E-state index < -0.39 is 23.3 Å². The lowest BCUT2D eigenvalue weighted by Gasteiger charge is -2.04. The highest BCUT2D eigenvalue weighted by atomic mass is 16.6. The topological polar surface area (TPSA) is 155 Å². The van der Waals surface area contributed by atoms with Gasteiger partial charge in [0, 0.05) is 17.7 Å². The molecule has 2 aromatic carbocycles. The van der Waals surface area contributed by atoms with Gasteiger partial charge in [0.2, 0.25) is 5.76 Å². The lowest BCUT2D eigenvalue weighted by molar-refractivity contribution is -0.384. The highest BCUT2D eigenvalue weighted by Gasteiger charge is 2.18. The quantitative estimate of drug-likeness (QED) is 0.150. The minimum absolute atomic E-state index is 0.0695. The van der Waals surface area contributed by atoms with E-state index in [9.17, 15) is 25.3 Å². The smallest absolute Gasteiger partial charge is 0.374 e. The fraction of sp³-hybridized carbons (Fsp3) is 0.0455. The summed E-state index contributed by atoms with van der Waals surface area (Å²) in [6.45, 7) is -0.563. The molecule has 32 heavy (non-hydrogen) atoms. The number of esters is 1. The molecule has 158 valence electrons. The van der Waals surface area contributed by atoms with Gasteiger partial charge < -0.3 is 19.2 Å². The van der Waals surface area contributed by atoms with Crippen LogP contribution in [0.15, 0.2) is 70.8 Å². The first-order chi connectivity index (χ1) is 15.5. The number of nitro benzene ring substituents is 1. The fourth-order valence-corrected chi connectivity index (χ4v) is 2.95. The summed E-state index contributed by atoms with van der Waals surface area (Å²) < 4.78 is 10.5. The number of aliphatic hydroxyl groups is 1. The molecule has 0 fully saturated rings. The number of imidazole rings is 1. The maximum absolute atomic E-state index is 12.3. The molecule has 10 heteroatoms. The number of nitriles is 1. The minimum atomic E-state index is -0.855. The number of carbonyl (C=O) groups is 1. The van der Waals surface area contributed by atoms with Crippen molar-refractivity contribution in [2.24, 2.45) is 0 Å². The van der Waals surface area contributed by atoms with Gasteiger partial charge in [-0.3, -0.25) is 10.1 Å². The van der Waals surface area contributed by atoms with Crippen LogP contribution in [0.3, 0.4) is 0 Å². The summed E-state index contributed by atoms with van der Waals surface area (Å²) in [5, 5.41) is 30.4. The SMILES string of the molecule is N#C/C(=C(/O)COC(=O)c1ccc(-c2ccc([N+](=O)[O-])cc2)o1)c1nc2ccccc2[nH]1. The second kappa shape index (κ2) is 8.45. The van der Waals surface area contributed by atoms with Crippen molar-refractivity contribution < 1.29 is 24.0 Å². The second-order valence-corrected chi connectivity index (χ2v) is 6.58. The molecule has 0 saturated heterocycles. The highest BCUT2D eigenvalue weighted by Crippen LogP contribution is 2.25. The van der Waals surface area contributed by atoms with Crippen LogP contribution in [-0.2, 0) is 4.74 Å². The maximum Gasteiger partial charge on any atom is 0.374 e. The number of rotatable bonds is 6. The summed E-state index contributed by atoms with van der Waals surface area (Å²) in [6.07, 6.45) is 0. The number of para-hydroxylation sites is 2. The normalized spacial score (nSPS) is 11.6. The van der Waals surface area contributed by atoms with Crippen LogP contribution in [0.2, 0.25) is 0 Å². The molecule has 4 aromatic rings. The third-order valence-electron chi connectivity index (χ3n) is 4.54. The molecule has 0 bridgehead atoms. The zero-order valence-corrected chi connectivity index (χ0v) is 16.3. The lowest BCUT2D eigenvalue weighted by Crippen LogP contribution is -2.08. The molecule has 2 N–H and O–H groups in total. The zero-order valence-electron chi connectivity index (χ0n) is 16.3. The van der Waals surface area contributed by atoms with Crippen molar-refractivity contribution in [3.8, 4) is 17.4 Å². The molecule has 2 aromatic heterocycles. The van der Waals surface area contributed by atoms with Gasteiger partial charge in [0.15, 0.2) is 18.2 Å². The van der Waals surface area contributed by atoms with Gasteiger partial charge in [-0.05, 0) is 36.4 Å². The molecule has 0 aliphatic carbocycles. The largest absolute Gasteiger partial charge is 0.507 e. The number of nitrogens with one attached hydrogen (secondary N) is 1. The first kappa shape index (κ1) is 20.4. The summed E-state index contributed by atoms with van der Waals surface area (Å²) in [7, 11) is 0. The predicted molar refractivity (Wildman–Crippen MR) is 112 cm³/mol. The van der Waals surface area contributed by atoms with Crippen molar-refractivity contribution >= 4 is 28.3 Å². The number of benzene rings is 2. The Kier molecular flexibility index (Phi) is 5.38. The molecule has 0 radical (unpaired) electrons. The van der Waals surface area contributed by atoms with Crippen LogP contribution in [-0.4, -0.2) is 32.6 Å². The Morgan fingerprint density at radius 2 is 1.94 bits per heavy atom. The van der Waals surface area contributed by atoms with Crippen molar-refractivity contribution in [2.45, 2.75) is 0 Å². The van der Waals surface area contributed by atoms with Crippen LogP contribution in [0.25, 0.3) is 27.9 Å². The summed E-state index contributed by atoms with van der Waals surface area (Å²) in [5.74, 6) is -0.991. The van der Waals surface area contributed by atoms with Gasteiger partial charge in [0.25, 0.3) is 5.69 Å². The van der Waals surface area contributed by atoms with E-state index in [1.165, 1.54) is 36.4 Å². The van der Waals surface area contributed by atoms with Crippen LogP contribution in [0.5, 0.6) is 0 Å². The fourth-order valence-electron chi connectivity index (χ4n) is 2.95. The number of carbonyl (C=O) groups excluding carboxylic acids is 1. The number of furan rings is 1. The summed E-state index contributed by atoms with van der Waals surface area (Å²) in [6, 6.07) is 17.5. The van der Waals surface area contributed by atoms with Gasteiger partial charge in [0.1, 0.15) is 17.4 Å². The number of allylic oxidation sites excluding steroid dienone is 1. The summed E-state index contributed by atoms with van der Waals surface area (Å²) >= 11 is 0. The molecule has 0 atom stereocenters. The van der Waals surface area contributed by atoms with E-state index in [0.29, 0.717) is 22.4 Å². The van der Waals surface area contributed by atoms with Gasteiger partial charge in [-0.25, -0.2) is 9.78 Å². The van der Waals surface area contributed by atoms with E-state index in [1.807, 2.05) is 6.07 Å². The molecule has 0 saturated carbocycles. The summed E-state index contributed by atoms with van der Waals surface area (Å²) in [4.78, 5) is 29.7. The van der Waals surface area contributed by atoms with Gasteiger partial charge >= 0.3 is 5.97 Å². The molecule has 0 spiro atoms. The van der Waals surface area contributed by atoms with Gasteiger partial charge in [-0.15, -0.1) is 0 Å². The number of hydrogen-bond acceptors (Lipinski definition) is 8. The van der Waals surface area contributed by atoms with Crippen molar-refractivity contribution in [2.75, 3.05) is 6.61 Å². The van der Waals surface area contributed by atoms with E-state index in [-0.39, 0.29) is 22.8 Å². The van der Waals surface area contributed by atoms with Gasteiger partial charge in [0.05, 0.1) is 16.0 Å². The number of aromatic amines is 1. The predicted octanol–water partition coefficient (Wildman–Crippen LogP) is 4.38. The number of nitro groups is 1. The Bertz CT molecular complexity index is 1360. The molecule has 0 unspecified atom stereocenters. The van der Waals surface area contributed by atoms with Gasteiger partial charge in [-0.1, -0.05) is 12.1 Å². The number of H-pyrrole nitrogens is 1. The Hall–Kier alpha value is -4.91. The third-order valence-corrected chi connectivity index (χ3v) is 4.54. The monoisotopic (exact) mass is 430 g/mol. The molecule has 0 amide bonds. The Morgan fingerprint density at radius 3 is 2.62 bits per heavy atom. The molecule has 0 aliphatic rings. The minimum Gasteiger partial charge on any atom is -0.507 e. The van der Waals surface area contributed by atoms with E-state index in [1.54, 1.807) is 24.3 Å². The summed E-state index contributed by atoms with van der Waals surface area (Å²) in [5.41, 5.74) is 1.62. The van der Waals surface area contributed by atoms with Crippen molar-refractivity contribution in [3.05, 3.63) is 88.1 Å². The standard InChI is InChI=1S/C22H14N4O6/c23-11-15(21-24-16-3-1-2-4-17(16)25-21)18(27)12-31-22(28)20-10-9-19(32-20)13-5-7-14(8-6-13)26(29)30/h1-10,27H,12H2,(H,24,25)/b18-15-. The Labute approximate surface area is 180 Å². The van der Waals surface area contributed by atoms with Crippen LogP contribution in [0.1, 0.15) is 16.4 Å². The maximum atomic E-state index is 12.3. The van der Waals surface area contributed by atoms with E-state index >= 15 is 0 Å². The average molecular weight is 430 g/mol. The highest BCUT2D eigenvalue weighted by molar-refractivity contribution is 5.87. The molecule has 2 heterocycles. The number of nitrogens with zero attached hydrogens (tertiary/aromatic N) is 3. The second-order valence-electron chi connectivity index (χ2n) is 6.58. The van der Waals surface area contributed by atoms with Crippen molar-refractivity contribution in [3.63, 3.8) is 0 Å². The average Bonchev–Trinajstić information content (AvgIpc) is 3.45. The van der Waals surface area contributed by atoms with Crippen LogP contribution in [0.4, 0.5) is 5.69 Å². The Balaban J connectivity index is 1.47. The number of aliphatic hydroxyl groups excluding tert-OH is 1. The van der Waals surface area contributed by atoms with Crippen molar-refractivity contribution in [1.82, 2.24) is 9.97 Å². The number of aromatic nitrogens is 2. The number of ether oxygens (including phenoxy) is 1. The van der Waals surface area contributed by atoms with Gasteiger partial charge in [-0.2, -0.15) is 5.26 Å². The van der Waals surface area contributed by atoms with E-state index in [2.05, 4.69) is 9.97 Å². The number of non-ortho nitro benzene ring substituents is 1. The molecule has 4 rings (SSSR count). The number of fused-ring (bicyclic) bond motifs is 1. The van der Waals surface area contributed by atoms with Crippen LogP contribution < -0.4 is 0 Å². The van der Waals surface area contributed by atoms with E-state index in [0.717, 1.165) is 0 Å². The van der Waals surface area contributed by atoms with Crippen LogP contribution >= 0.6 is 0 Å². The first-order valence-corrected chi connectivity index (χ1v) is 9.25. The molecular weight excluding hydrogens is 416 g/mol. The van der Waals surface area contributed by atoms with E-state index in [4.69, 9.17) is 9.15 Å².